The van der Waals surface area contributed by atoms with Crippen LogP contribution in [-0.4, -0.2) is 31.6 Å². The predicted octanol–water partition coefficient (Wildman–Crippen LogP) is 3.07. The van der Waals surface area contributed by atoms with Gasteiger partial charge in [0, 0.05) is 7.11 Å². The van der Waals surface area contributed by atoms with Gasteiger partial charge < -0.3 is 9.84 Å². The minimum absolute atomic E-state index is 0.111. The molecule has 0 heterocycles. The van der Waals surface area contributed by atoms with E-state index >= 15 is 0 Å². The first-order chi connectivity index (χ1) is 8.35. The van der Waals surface area contributed by atoms with E-state index in [1.54, 1.807) is 0 Å². The van der Waals surface area contributed by atoms with Crippen LogP contribution in [0.3, 0.4) is 0 Å². The van der Waals surface area contributed by atoms with Crippen molar-refractivity contribution >= 4 is 8.07 Å². The first-order valence-corrected chi connectivity index (χ1v) is 11.2. The summed E-state index contributed by atoms with van der Waals surface area (Å²) in [5.41, 5.74) is -0.396. The third-order valence-corrected chi connectivity index (χ3v) is 8.16. The van der Waals surface area contributed by atoms with Crippen molar-refractivity contribution in [2.75, 3.05) is 7.11 Å². The normalized spacial score (nSPS) is 48.5. The van der Waals surface area contributed by atoms with E-state index in [9.17, 15) is 5.11 Å². The highest BCUT2D eigenvalue weighted by Crippen LogP contribution is 2.60. The van der Waals surface area contributed by atoms with E-state index in [1.165, 1.54) is 32.1 Å². The molecule has 0 spiro atoms. The molecule has 4 saturated carbocycles. The second kappa shape index (κ2) is 4.06. The lowest BCUT2D eigenvalue weighted by Crippen LogP contribution is -2.68. The van der Waals surface area contributed by atoms with E-state index in [1.807, 2.05) is 7.11 Å². The molecule has 0 saturated heterocycles. The van der Waals surface area contributed by atoms with Crippen molar-refractivity contribution in [1.29, 1.82) is 0 Å². The van der Waals surface area contributed by atoms with Crippen molar-refractivity contribution in [3.63, 3.8) is 0 Å². The summed E-state index contributed by atoms with van der Waals surface area (Å²) in [5.74, 6) is 2.86. The second-order valence-electron chi connectivity index (χ2n) is 8.17. The monoisotopic (exact) mass is 268 g/mol. The molecule has 0 aromatic rings. The molecule has 0 aliphatic heterocycles. The van der Waals surface area contributed by atoms with Crippen LogP contribution in [0.1, 0.15) is 32.1 Å². The van der Waals surface area contributed by atoms with Crippen LogP contribution in [-0.2, 0) is 4.74 Å². The summed E-state index contributed by atoms with van der Waals surface area (Å²) in [7, 11) is 0.320. The van der Waals surface area contributed by atoms with Crippen LogP contribution in [0.25, 0.3) is 0 Å². The second-order valence-corrected chi connectivity index (χ2v) is 13.4. The van der Waals surface area contributed by atoms with Crippen LogP contribution in [0.5, 0.6) is 0 Å². The zero-order valence-electron chi connectivity index (χ0n) is 12.3. The van der Waals surface area contributed by atoms with Crippen molar-refractivity contribution in [3.05, 3.63) is 0 Å². The van der Waals surface area contributed by atoms with Crippen LogP contribution in [0.15, 0.2) is 0 Å². The molecule has 104 valence electrons. The smallest absolute Gasteiger partial charge is 0.0934 e. The largest absolute Gasteiger partial charge is 0.387 e. The van der Waals surface area contributed by atoms with Gasteiger partial charge in [0.25, 0.3) is 0 Å². The highest BCUT2D eigenvalue weighted by Gasteiger charge is 2.61. The fourth-order valence-corrected chi connectivity index (χ4v) is 8.17. The number of rotatable bonds is 3. The number of methoxy groups -OCH3 is 1. The van der Waals surface area contributed by atoms with Crippen LogP contribution >= 0.6 is 0 Å². The molecule has 0 amide bonds. The minimum atomic E-state index is -1.49. The molecule has 4 fully saturated rings. The molecule has 4 bridgehead atoms. The van der Waals surface area contributed by atoms with Gasteiger partial charge in [-0.3, -0.25) is 0 Å². The van der Waals surface area contributed by atoms with Gasteiger partial charge in [0.05, 0.1) is 19.4 Å². The summed E-state index contributed by atoms with van der Waals surface area (Å²) in [4.78, 5) is 0. The summed E-state index contributed by atoms with van der Waals surface area (Å²) in [6, 6.07) is 0. The van der Waals surface area contributed by atoms with E-state index in [-0.39, 0.29) is 5.73 Å². The molecule has 0 radical (unpaired) electrons. The molecule has 18 heavy (non-hydrogen) atoms. The molecule has 4 aliphatic carbocycles. The van der Waals surface area contributed by atoms with Crippen LogP contribution < -0.4 is 0 Å². The van der Waals surface area contributed by atoms with Crippen LogP contribution in [0.4, 0.5) is 0 Å². The Kier molecular flexibility index (Phi) is 2.97. The Hall–Kier alpha value is 0.137. The lowest BCUT2D eigenvalue weighted by atomic mass is 9.50. The third-order valence-electron chi connectivity index (χ3n) is 5.89. The van der Waals surface area contributed by atoms with Gasteiger partial charge in [-0.15, -0.1) is 0 Å². The Labute approximate surface area is 112 Å². The molecule has 1 unspecified atom stereocenters. The molecule has 2 nitrogen and oxygen atoms in total. The molecule has 4 rings (SSSR count). The van der Waals surface area contributed by atoms with E-state index in [4.69, 9.17) is 4.74 Å². The Bertz CT molecular complexity index is 306. The predicted molar refractivity (Wildman–Crippen MR) is 76.1 cm³/mol. The number of hydrogen-bond acceptors (Lipinski definition) is 2. The van der Waals surface area contributed by atoms with Gasteiger partial charge in [-0.05, 0) is 55.8 Å². The van der Waals surface area contributed by atoms with Gasteiger partial charge in [0.2, 0.25) is 0 Å². The van der Waals surface area contributed by atoms with Gasteiger partial charge in [-0.25, -0.2) is 0 Å². The van der Waals surface area contributed by atoms with Gasteiger partial charge in [0.15, 0.2) is 0 Å². The Balaban J connectivity index is 1.94. The standard InChI is InChI=1S/C15H28O2Si/c1-17-14(18(2,3)4)15(16)12-6-10-5-11(8-12)9-13(15)7-10/h10-14,16H,5-9H2,1-4H3. The van der Waals surface area contributed by atoms with Crippen molar-refractivity contribution < 1.29 is 9.84 Å². The fraction of sp³-hybridized carbons (Fsp3) is 1.00. The molecule has 4 aliphatic rings. The summed E-state index contributed by atoms with van der Waals surface area (Å²) < 4.78 is 5.86. The SMILES string of the molecule is COC(C1(O)C2CC3CC(C2)CC1C3)[Si](C)(C)C. The Morgan fingerprint density at radius 3 is 1.78 bits per heavy atom. The summed E-state index contributed by atoms with van der Waals surface area (Å²) in [6.45, 7) is 7.01. The highest BCUT2D eigenvalue weighted by molar-refractivity contribution is 6.77. The molecule has 3 heteroatoms. The van der Waals surface area contributed by atoms with Gasteiger partial charge in [-0.2, -0.15) is 0 Å². The summed E-state index contributed by atoms with van der Waals surface area (Å²) >= 11 is 0. The summed E-state index contributed by atoms with van der Waals surface area (Å²) in [6.07, 6.45) is 6.47. The van der Waals surface area contributed by atoms with Gasteiger partial charge in [-0.1, -0.05) is 19.6 Å². The third kappa shape index (κ3) is 1.74. The van der Waals surface area contributed by atoms with Crippen molar-refractivity contribution in [2.24, 2.45) is 23.7 Å². The van der Waals surface area contributed by atoms with Gasteiger partial charge >= 0.3 is 0 Å². The van der Waals surface area contributed by atoms with E-state index in [0.29, 0.717) is 11.8 Å². The van der Waals surface area contributed by atoms with E-state index in [0.717, 1.165) is 11.8 Å². The Morgan fingerprint density at radius 1 is 1.00 bits per heavy atom. The minimum Gasteiger partial charge on any atom is -0.387 e. The highest BCUT2D eigenvalue weighted by atomic mass is 28.3. The maximum Gasteiger partial charge on any atom is 0.0934 e. The first-order valence-electron chi connectivity index (χ1n) is 7.60. The maximum atomic E-state index is 11.5. The molecular weight excluding hydrogens is 240 g/mol. The molecule has 0 aromatic heterocycles. The topological polar surface area (TPSA) is 29.5 Å². The van der Waals surface area contributed by atoms with Crippen LogP contribution in [0.2, 0.25) is 19.6 Å². The van der Waals surface area contributed by atoms with Gasteiger partial charge in [0.1, 0.15) is 0 Å². The quantitative estimate of drug-likeness (QED) is 0.797. The van der Waals surface area contributed by atoms with Crippen molar-refractivity contribution in [3.8, 4) is 0 Å². The van der Waals surface area contributed by atoms with Crippen molar-refractivity contribution in [1.82, 2.24) is 0 Å². The fourth-order valence-electron chi connectivity index (χ4n) is 5.60. The number of ether oxygens (including phenoxy) is 1. The van der Waals surface area contributed by atoms with E-state index < -0.39 is 13.7 Å². The molecule has 0 aromatic carbocycles. The molecule has 1 atom stereocenters. The lowest BCUT2D eigenvalue weighted by molar-refractivity contribution is -0.210. The average Bonchev–Trinajstić information content (AvgIpc) is 2.24. The zero-order chi connectivity index (χ0) is 13.1. The Morgan fingerprint density at radius 2 is 1.44 bits per heavy atom. The van der Waals surface area contributed by atoms with Crippen molar-refractivity contribution in [2.45, 2.75) is 63.1 Å². The summed E-state index contributed by atoms with van der Waals surface area (Å²) in [5, 5.41) is 11.5. The molecular formula is C15H28O2Si. The molecule has 1 N–H and O–H groups in total. The average molecular weight is 268 g/mol. The van der Waals surface area contributed by atoms with Crippen LogP contribution in [0, 0.1) is 23.7 Å². The zero-order valence-corrected chi connectivity index (χ0v) is 13.3. The van der Waals surface area contributed by atoms with E-state index in [2.05, 4.69) is 19.6 Å². The number of aliphatic hydroxyl groups is 1. The lowest BCUT2D eigenvalue weighted by Gasteiger charge is -2.62. The number of hydrogen-bond donors (Lipinski definition) is 1. The maximum absolute atomic E-state index is 11.5. The first kappa shape index (κ1) is 13.1.